The molecule has 0 N–H and O–H groups in total. The average Bonchev–Trinajstić information content (AvgIpc) is 2.05. The molecule has 0 rings (SSSR count). The fourth-order valence-electron chi connectivity index (χ4n) is 0.623. The topological polar surface area (TPSA) is 18.5 Å². The molecule has 0 saturated heterocycles. The summed E-state index contributed by atoms with van der Waals surface area (Å²) in [5.41, 5.74) is 0. The van der Waals surface area contributed by atoms with Crippen LogP contribution in [0.4, 0.5) is 0 Å². The third kappa shape index (κ3) is 5.67. The second-order valence-corrected chi connectivity index (χ2v) is 1.94. The summed E-state index contributed by atoms with van der Waals surface area (Å²) in [5.74, 6) is 0.810. The fraction of sp³-hybridized carbons (Fsp3) is 0.556. The Morgan fingerprint density at radius 3 is 2.64 bits per heavy atom. The van der Waals surface area contributed by atoms with Crippen LogP contribution in [0.5, 0.6) is 0 Å². The van der Waals surface area contributed by atoms with Crippen molar-refractivity contribution in [1.82, 2.24) is 0 Å². The maximum Gasteiger partial charge on any atom is 0.114 e. The fourth-order valence-corrected chi connectivity index (χ4v) is 0.623. The van der Waals surface area contributed by atoms with Gasteiger partial charge in [0, 0.05) is 6.61 Å². The van der Waals surface area contributed by atoms with Crippen LogP contribution in [0.2, 0.25) is 0 Å². The lowest BCUT2D eigenvalue weighted by Crippen LogP contribution is -2.02. The molecule has 0 aromatic carbocycles. The second kappa shape index (κ2) is 7.35. The Morgan fingerprint density at radius 1 is 1.45 bits per heavy atom. The van der Waals surface area contributed by atoms with Crippen molar-refractivity contribution in [2.75, 3.05) is 19.8 Å². The Hall–Kier alpha value is -0.760. The van der Waals surface area contributed by atoms with Crippen LogP contribution in [-0.2, 0) is 9.47 Å². The molecular weight excluding hydrogens is 140 g/mol. The summed E-state index contributed by atoms with van der Waals surface area (Å²) < 4.78 is 10.3. The predicted octanol–water partition coefficient (Wildman–Crippen LogP) is 2.13. The summed E-state index contributed by atoms with van der Waals surface area (Å²) in [6.07, 6.45) is 3.56. The zero-order valence-corrected chi connectivity index (χ0v) is 7.30. The van der Waals surface area contributed by atoms with Crippen molar-refractivity contribution in [3.05, 3.63) is 24.5 Å². The highest BCUT2D eigenvalue weighted by Gasteiger charge is 1.89. The molecule has 0 saturated carbocycles. The van der Waals surface area contributed by atoms with E-state index in [1.165, 1.54) is 0 Å². The molecule has 0 bridgehead atoms. The Bertz CT molecular complexity index is 128. The molecule has 0 unspecified atom stereocenters. The molecule has 0 atom stereocenters. The van der Waals surface area contributed by atoms with Gasteiger partial charge in [-0.05, 0) is 26.0 Å². The maximum absolute atomic E-state index is 5.26. The van der Waals surface area contributed by atoms with E-state index in [2.05, 4.69) is 6.58 Å². The highest BCUT2D eigenvalue weighted by Crippen LogP contribution is 1.96. The Morgan fingerprint density at radius 2 is 2.18 bits per heavy atom. The number of allylic oxidation sites excluding steroid dienone is 2. The molecule has 0 aliphatic rings. The van der Waals surface area contributed by atoms with Crippen molar-refractivity contribution in [2.45, 2.75) is 13.8 Å². The minimum Gasteiger partial charge on any atom is -0.492 e. The van der Waals surface area contributed by atoms with Gasteiger partial charge in [0.25, 0.3) is 0 Å². The van der Waals surface area contributed by atoms with Crippen molar-refractivity contribution in [3.8, 4) is 0 Å². The second-order valence-electron chi connectivity index (χ2n) is 1.94. The van der Waals surface area contributed by atoms with Gasteiger partial charge in [0.2, 0.25) is 0 Å². The molecule has 0 aliphatic heterocycles. The van der Waals surface area contributed by atoms with Crippen LogP contribution < -0.4 is 0 Å². The third-order valence-corrected chi connectivity index (χ3v) is 1.19. The number of ether oxygens (including phenoxy) is 2. The van der Waals surface area contributed by atoms with E-state index in [1.807, 2.05) is 19.9 Å². The molecule has 11 heavy (non-hydrogen) atoms. The van der Waals surface area contributed by atoms with E-state index < -0.39 is 0 Å². The molecule has 0 aromatic heterocycles. The molecule has 0 spiro atoms. The van der Waals surface area contributed by atoms with Gasteiger partial charge >= 0.3 is 0 Å². The van der Waals surface area contributed by atoms with Crippen LogP contribution in [0, 0.1) is 0 Å². The largest absolute Gasteiger partial charge is 0.492 e. The minimum atomic E-state index is 0.597. The normalized spacial score (nSPS) is 11.3. The van der Waals surface area contributed by atoms with Crippen molar-refractivity contribution in [3.63, 3.8) is 0 Å². The lowest BCUT2D eigenvalue weighted by atomic mass is 10.4. The Labute approximate surface area is 68.5 Å². The Balaban J connectivity index is 3.29. The van der Waals surface area contributed by atoms with E-state index in [1.54, 1.807) is 6.08 Å². The van der Waals surface area contributed by atoms with E-state index >= 15 is 0 Å². The summed E-state index contributed by atoms with van der Waals surface area (Å²) in [4.78, 5) is 0. The number of hydrogen-bond acceptors (Lipinski definition) is 2. The number of rotatable bonds is 6. The summed E-state index contributed by atoms with van der Waals surface area (Å²) >= 11 is 0. The van der Waals surface area contributed by atoms with Crippen molar-refractivity contribution >= 4 is 0 Å². The van der Waals surface area contributed by atoms with Crippen LogP contribution in [-0.4, -0.2) is 19.8 Å². The summed E-state index contributed by atoms with van der Waals surface area (Å²) in [5, 5.41) is 0. The molecule has 0 aliphatic carbocycles. The molecule has 0 fully saturated rings. The first-order valence-electron chi connectivity index (χ1n) is 3.84. The van der Waals surface area contributed by atoms with Gasteiger partial charge in [-0.2, -0.15) is 0 Å². The first kappa shape index (κ1) is 10.2. The molecule has 2 heteroatoms. The van der Waals surface area contributed by atoms with E-state index in [0.29, 0.717) is 13.2 Å². The molecule has 0 heterocycles. The van der Waals surface area contributed by atoms with Crippen molar-refractivity contribution in [2.24, 2.45) is 0 Å². The highest BCUT2D eigenvalue weighted by atomic mass is 16.5. The van der Waals surface area contributed by atoms with Gasteiger partial charge in [-0.3, -0.25) is 0 Å². The first-order valence-corrected chi connectivity index (χ1v) is 3.84. The van der Waals surface area contributed by atoms with Crippen LogP contribution >= 0.6 is 0 Å². The summed E-state index contributed by atoms with van der Waals surface area (Å²) in [6, 6.07) is 0. The molecule has 64 valence electrons. The summed E-state index contributed by atoms with van der Waals surface area (Å²) in [7, 11) is 0. The predicted molar refractivity (Wildman–Crippen MR) is 46.4 cm³/mol. The average molecular weight is 156 g/mol. The highest BCUT2D eigenvalue weighted by molar-refractivity contribution is 5.06. The molecular formula is C9H16O2. The monoisotopic (exact) mass is 156 g/mol. The van der Waals surface area contributed by atoms with Gasteiger partial charge in [-0.1, -0.05) is 6.58 Å². The van der Waals surface area contributed by atoms with Gasteiger partial charge in [-0.25, -0.2) is 0 Å². The van der Waals surface area contributed by atoms with Crippen LogP contribution in [0.25, 0.3) is 0 Å². The van der Waals surface area contributed by atoms with Gasteiger partial charge in [0.1, 0.15) is 12.4 Å². The van der Waals surface area contributed by atoms with Crippen molar-refractivity contribution in [1.29, 1.82) is 0 Å². The summed E-state index contributed by atoms with van der Waals surface area (Å²) in [6.45, 7) is 9.45. The van der Waals surface area contributed by atoms with Gasteiger partial charge < -0.3 is 9.47 Å². The SMILES string of the molecule is C=C/C(=C\C)OCCOCC. The smallest absolute Gasteiger partial charge is 0.114 e. The lowest BCUT2D eigenvalue weighted by Gasteiger charge is -2.05. The standard InChI is InChI=1S/C9H16O2/c1-4-9(5-2)11-8-7-10-6-3/h4-5H,1,6-8H2,2-3H3/b9-5+. The first-order chi connectivity index (χ1) is 5.35. The molecule has 0 amide bonds. The third-order valence-electron chi connectivity index (χ3n) is 1.19. The molecule has 0 aromatic rings. The molecule has 0 radical (unpaired) electrons. The lowest BCUT2D eigenvalue weighted by molar-refractivity contribution is 0.0865. The van der Waals surface area contributed by atoms with Crippen LogP contribution in [0.1, 0.15) is 13.8 Å². The molecule has 2 nitrogen and oxygen atoms in total. The number of hydrogen-bond donors (Lipinski definition) is 0. The van der Waals surface area contributed by atoms with Gasteiger partial charge in [0.05, 0.1) is 6.61 Å². The zero-order valence-electron chi connectivity index (χ0n) is 7.30. The maximum atomic E-state index is 5.26. The van der Waals surface area contributed by atoms with E-state index in [4.69, 9.17) is 9.47 Å². The van der Waals surface area contributed by atoms with E-state index in [-0.39, 0.29) is 0 Å². The minimum absolute atomic E-state index is 0.597. The zero-order chi connectivity index (χ0) is 8.53. The van der Waals surface area contributed by atoms with Crippen LogP contribution in [0.3, 0.4) is 0 Å². The van der Waals surface area contributed by atoms with E-state index in [0.717, 1.165) is 12.4 Å². The van der Waals surface area contributed by atoms with Crippen LogP contribution in [0.15, 0.2) is 24.5 Å². The van der Waals surface area contributed by atoms with Gasteiger partial charge in [-0.15, -0.1) is 0 Å². The quantitative estimate of drug-likeness (QED) is 0.333. The van der Waals surface area contributed by atoms with Gasteiger partial charge in [0.15, 0.2) is 0 Å². The van der Waals surface area contributed by atoms with E-state index in [9.17, 15) is 0 Å². The van der Waals surface area contributed by atoms with Crippen molar-refractivity contribution < 1.29 is 9.47 Å². The Kier molecular flexibility index (Phi) is 6.84.